The molecule has 192 valence electrons. The van der Waals surface area contributed by atoms with Gasteiger partial charge in [-0.25, -0.2) is 9.59 Å². The number of carbonyl (C=O) groups excluding carboxylic acids is 4. The standard InChI is InChI=1S/C23H39N5O6/c1-5-6-11-33-28-17-8-9-18(27(14-17)22(28)32)20(30)26-25-19(29)10-7-15-12-16(13-15)24-21(31)34-23(2,3)4/h15-18H,5-14H2,1-4H3,(H,24,31)(H,25,29)(H,26,30)/t15?,16?,17-,18-/m0/s1. The summed E-state index contributed by atoms with van der Waals surface area (Å²) >= 11 is 0. The number of nitrogens with zero attached hydrogens (tertiary/aromatic N) is 2. The molecule has 0 radical (unpaired) electrons. The number of hydrogen-bond acceptors (Lipinski definition) is 6. The third-order valence-corrected chi connectivity index (χ3v) is 6.42. The number of alkyl carbamates (subject to hydrolysis) is 1. The van der Waals surface area contributed by atoms with Crippen molar-refractivity contribution in [1.29, 1.82) is 0 Å². The van der Waals surface area contributed by atoms with E-state index >= 15 is 0 Å². The number of urea groups is 1. The number of hydroxylamine groups is 2. The van der Waals surface area contributed by atoms with Crippen molar-refractivity contribution in [3.63, 3.8) is 0 Å². The summed E-state index contributed by atoms with van der Waals surface area (Å²) in [5.74, 6) is -0.318. The molecule has 0 spiro atoms. The van der Waals surface area contributed by atoms with Gasteiger partial charge in [-0.15, -0.1) is 0 Å². The van der Waals surface area contributed by atoms with Crippen molar-refractivity contribution in [1.82, 2.24) is 26.1 Å². The molecule has 1 aliphatic carbocycles. The molecule has 2 aliphatic heterocycles. The average molecular weight is 482 g/mol. The van der Waals surface area contributed by atoms with Crippen molar-refractivity contribution in [2.75, 3.05) is 13.2 Å². The van der Waals surface area contributed by atoms with Crippen molar-refractivity contribution in [2.45, 2.75) is 103 Å². The topological polar surface area (TPSA) is 129 Å². The maximum absolute atomic E-state index is 12.6. The van der Waals surface area contributed by atoms with E-state index in [1.165, 1.54) is 9.96 Å². The van der Waals surface area contributed by atoms with Crippen molar-refractivity contribution in [2.24, 2.45) is 5.92 Å². The summed E-state index contributed by atoms with van der Waals surface area (Å²) in [5.41, 5.74) is 4.41. The Morgan fingerprint density at radius 3 is 2.53 bits per heavy atom. The predicted molar refractivity (Wildman–Crippen MR) is 123 cm³/mol. The van der Waals surface area contributed by atoms with Gasteiger partial charge in [0.2, 0.25) is 5.91 Å². The van der Waals surface area contributed by atoms with E-state index in [-0.39, 0.29) is 36.3 Å². The molecule has 2 heterocycles. The third kappa shape index (κ3) is 6.97. The number of hydrazine groups is 1. The number of nitrogens with one attached hydrogen (secondary N) is 3. The zero-order valence-electron chi connectivity index (χ0n) is 20.7. The molecule has 2 bridgehead atoms. The van der Waals surface area contributed by atoms with E-state index < -0.39 is 17.7 Å². The molecule has 5 amide bonds. The molecule has 11 heteroatoms. The van der Waals surface area contributed by atoms with Crippen LogP contribution in [-0.4, -0.2) is 70.8 Å². The molecule has 0 aromatic rings. The normalized spacial score (nSPS) is 26.1. The van der Waals surface area contributed by atoms with Crippen LogP contribution in [0.3, 0.4) is 0 Å². The van der Waals surface area contributed by atoms with Gasteiger partial charge in [0.1, 0.15) is 11.6 Å². The highest BCUT2D eigenvalue weighted by Crippen LogP contribution is 2.32. The smallest absolute Gasteiger partial charge is 0.407 e. The number of unbranched alkanes of at least 4 members (excludes halogenated alkanes) is 1. The van der Waals surface area contributed by atoms with Crippen LogP contribution in [0.1, 0.15) is 79.1 Å². The largest absolute Gasteiger partial charge is 0.444 e. The Morgan fingerprint density at radius 2 is 1.85 bits per heavy atom. The summed E-state index contributed by atoms with van der Waals surface area (Å²) in [6, 6.07) is -0.861. The molecule has 2 atom stereocenters. The van der Waals surface area contributed by atoms with Gasteiger partial charge in [-0.05, 0) is 65.2 Å². The van der Waals surface area contributed by atoms with Gasteiger partial charge in [0.15, 0.2) is 0 Å². The molecule has 0 unspecified atom stereocenters. The average Bonchev–Trinajstić information content (AvgIpc) is 2.97. The summed E-state index contributed by atoms with van der Waals surface area (Å²) in [5, 5.41) is 4.25. The van der Waals surface area contributed by atoms with Crippen LogP contribution in [0.15, 0.2) is 0 Å². The Labute approximate surface area is 201 Å². The van der Waals surface area contributed by atoms with Crippen molar-refractivity contribution in [3.8, 4) is 0 Å². The van der Waals surface area contributed by atoms with Crippen LogP contribution in [0.5, 0.6) is 0 Å². The summed E-state index contributed by atoms with van der Waals surface area (Å²) in [7, 11) is 0. The lowest BCUT2D eigenvalue weighted by Crippen LogP contribution is -2.54. The number of amides is 5. The van der Waals surface area contributed by atoms with Gasteiger partial charge >= 0.3 is 12.1 Å². The fourth-order valence-corrected chi connectivity index (χ4v) is 4.55. The zero-order valence-corrected chi connectivity index (χ0v) is 20.7. The van der Waals surface area contributed by atoms with E-state index in [2.05, 4.69) is 23.1 Å². The fourth-order valence-electron chi connectivity index (χ4n) is 4.55. The SMILES string of the molecule is CCCCON1C(=O)N2C[C@@H]1CC[C@H]2C(=O)NNC(=O)CCC1CC(NC(=O)OC(C)(C)C)C1. The van der Waals surface area contributed by atoms with E-state index in [0.717, 1.165) is 25.7 Å². The molecule has 2 saturated heterocycles. The molecular weight excluding hydrogens is 442 g/mol. The van der Waals surface area contributed by atoms with Crippen LogP contribution in [0, 0.1) is 5.92 Å². The highest BCUT2D eigenvalue weighted by molar-refractivity contribution is 5.90. The number of rotatable bonds is 9. The molecular formula is C23H39N5O6. The monoisotopic (exact) mass is 481 g/mol. The second-order valence-electron chi connectivity index (χ2n) is 10.5. The third-order valence-electron chi connectivity index (χ3n) is 6.42. The predicted octanol–water partition coefficient (Wildman–Crippen LogP) is 2.22. The van der Waals surface area contributed by atoms with Crippen LogP contribution >= 0.6 is 0 Å². The Hall–Kier alpha value is -2.56. The van der Waals surface area contributed by atoms with Gasteiger partial charge in [-0.1, -0.05) is 13.3 Å². The van der Waals surface area contributed by atoms with Gasteiger partial charge in [-0.3, -0.25) is 25.3 Å². The minimum absolute atomic E-state index is 0.0286. The number of fused-ring (bicyclic) bond motifs is 2. The van der Waals surface area contributed by atoms with Gasteiger partial charge in [0, 0.05) is 19.0 Å². The summed E-state index contributed by atoms with van der Waals surface area (Å²) < 4.78 is 5.25. The van der Waals surface area contributed by atoms with Crippen molar-refractivity contribution in [3.05, 3.63) is 0 Å². The Morgan fingerprint density at radius 1 is 1.12 bits per heavy atom. The minimum atomic E-state index is -0.616. The quantitative estimate of drug-likeness (QED) is 0.342. The first-order chi connectivity index (χ1) is 16.1. The first-order valence-corrected chi connectivity index (χ1v) is 12.4. The zero-order chi connectivity index (χ0) is 24.9. The highest BCUT2D eigenvalue weighted by Gasteiger charge is 2.48. The summed E-state index contributed by atoms with van der Waals surface area (Å²) in [6.07, 6.45) is 5.19. The van der Waals surface area contributed by atoms with Crippen LogP contribution in [-0.2, 0) is 19.2 Å². The molecule has 3 N–H and O–H groups in total. The molecule has 11 nitrogen and oxygen atoms in total. The number of carbonyl (C=O) groups is 4. The summed E-state index contributed by atoms with van der Waals surface area (Å²) in [6.45, 7) is 8.45. The molecule has 34 heavy (non-hydrogen) atoms. The Kier molecular flexibility index (Phi) is 8.62. The molecule has 0 aromatic heterocycles. The molecule has 3 fully saturated rings. The van der Waals surface area contributed by atoms with Gasteiger partial charge < -0.3 is 15.0 Å². The maximum Gasteiger partial charge on any atom is 0.407 e. The van der Waals surface area contributed by atoms with E-state index in [1.54, 1.807) is 0 Å². The van der Waals surface area contributed by atoms with Crippen LogP contribution in [0.2, 0.25) is 0 Å². The van der Waals surface area contributed by atoms with Crippen molar-refractivity contribution >= 4 is 23.9 Å². The molecule has 0 aromatic carbocycles. The first-order valence-electron chi connectivity index (χ1n) is 12.4. The van der Waals surface area contributed by atoms with E-state index in [0.29, 0.717) is 38.3 Å². The number of ether oxygens (including phenoxy) is 1. The lowest BCUT2D eigenvalue weighted by molar-refractivity contribution is -0.132. The number of piperidine rings is 1. The van der Waals surface area contributed by atoms with Crippen LogP contribution < -0.4 is 16.2 Å². The fraction of sp³-hybridized carbons (Fsp3) is 0.826. The maximum atomic E-state index is 12.6. The lowest BCUT2D eigenvalue weighted by atomic mass is 9.77. The number of hydrogen-bond donors (Lipinski definition) is 3. The van der Waals surface area contributed by atoms with Gasteiger partial charge in [-0.2, -0.15) is 5.06 Å². The Balaban J connectivity index is 1.31. The summed E-state index contributed by atoms with van der Waals surface area (Å²) in [4.78, 5) is 56.4. The second-order valence-corrected chi connectivity index (χ2v) is 10.5. The lowest BCUT2D eigenvalue weighted by Gasteiger charge is -2.36. The van der Waals surface area contributed by atoms with Gasteiger partial charge in [0.25, 0.3) is 5.91 Å². The van der Waals surface area contributed by atoms with Crippen LogP contribution in [0.4, 0.5) is 9.59 Å². The van der Waals surface area contributed by atoms with E-state index in [1.807, 2.05) is 20.8 Å². The van der Waals surface area contributed by atoms with E-state index in [9.17, 15) is 19.2 Å². The first kappa shape index (κ1) is 26.1. The molecule has 3 aliphatic rings. The van der Waals surface area contributed by atoms with Crippen molar-refractivity contribution < 1.29 is 28.8 Å². The molecule has 3 rings (SSSR count). The highest BCUT2D eigenvalue weighted by atomic mass is 16.7. The minimum Gasteiger partial charge on any atom is -0.444 e. The molecule has 1 saturated carbocycles. The van der Waals surface area contributed by atoms with E-state index in [4.69, 9.17) is 9.57 Å². The van der Waals surface area contributed by atoms with Crippen LogP contribution in [0.25, 0.3) is 0 Å². The second kappa shape index (κ2) is 11.2. The Bertz CT molecular complexity index is 763. The van der Waals surface area contributed by atoms with Gasteiger partial charge in [0.05, 0.1) is 12.6 Å².